The van der Waals surface area contributed by atoms with Gasteiger partial charge in [0.05, 0.1) is 30.0 Å². The summed E-state index contributed by atoms with van der Waals surface area (Å²) in [6.45, 7) is 5.25. The van der Waals surface area contributed by atoms with Crippen molar-refractivity contribution >= 4 is 11.6 Å². The molecule has 1 aliphatic carbocycles. The fraction of sp³-hybridized carbons (Fsp3) is 0.500. The number of hydrogen-bond acceptors (Lipinski definition) is 4. The van der Waals surface area contributed by atoms with Crippen molar-refractivity contribution in [2.24, 2.45) is 5.92 Å². The van der Waals surface area contributed by atoms with Crippen molar-refractivity contribution in [3.63, 3.8) is 0 Å². The minimum Gasteiger partial charge on any atom is -0.321 e. The molecule has 5 nitrogen and oxygen atoms in total. The molecule has 2 aromatic rings. The van der Waals surface area contributed by atoms with Gasteiger partial charge in [0.1, 0.15) is 0 Å². The van der Waals surface area contributed by atoms with Gasteiger partial charge in [0.25, 0.3) is 0 Å². The first kappa shape index (κ1) is 13.0. The zero-order valence-corrected chi connectivity index (χ0v) is 11.7. The van der Waals surface area contributed by atoms with Crippen LogP contribution in [0, 0.1) is 11.7 Å². The quantitative estimate of drug-likeness (QED) is 0.911. The highest BCUT2D eigenvalue weighted by molar-refractivity contribution is 5.57. The molecule has 0 unspecified atom stereocenters. The maximum atomic E-state index is 12.8. The van der Waals surface area contributed by atoms with Crippen molar-refractivity contribution in [1.29, 1.82) is 0 Å². The van der Waals surface area contributed by atoms with Crippen LogP contribution in [0.4, 0.5) is 16.0 Å². The van der Waals surface area contributed by atoms with E-state index < -0.39 is 5.82 Å². The topological polar surface area (TPSA) is 55.6 Å². The molecule has 2 heterocycles. The van der Waals surface area contributed by atoms with Crippen molar-refractivity contribution in [2.45, 2.75) is 39.2 Å². The first-order valence-electron chi connectivity index (χ1n) is 6.93. The van der Waals surface area contributed by atoms with E-state index in [9.17, 15) is 4.39 Å². The lowest BCUT2D eigenvalue weighted by Gasteiger charge is -2.11. The minimum absolute atomic E-state index is 0.400. The molecule has 1 fully saturated rings. The fourth-order valence-corrected chi connectivity index (χ4v) is 2.27. The van der Waals surface area contributed by atoms with Gasteiger partial charge in [-0.3, -0.25) is 4.68 Å². The Morgan fingerprint density at radius 1 is 1.30 bits per heavy atom. The Kier molecular flexibility index (Phi) is 3.38. The molecule has 0 aliphatic heterocycles. The summed E-state index contributed by atoms with van der Waals surface area (Å²) in [6.07, 6.45) is 6.52. The minimum atomic E-state index is -0.437. The third kappa shape index (κ3) is 2.79. The summed E-state index contributed by atoms with van der Waals surface area (Å²) in [6, 6.07) is 0. The van der Waals surface area contributed by atoms with Crippen LogP contribution in [0.1, 0.15) is 38.3 Å². The maximum absolute atomic E-state index is 12.8. The second kappa shape index (κ2) is 5.19. The molecular formula is C14H18FN5. The number of nitrogens with zero attached hydrogens (tertiary/aromatic N) is 4. The molecule has 0 radical (unpaired) electrons. The van der Waals surface area contributed by atoms with Gasteiger partial charge in [0.2, 0.25) is 5.95 Å². The van der Waals surface area contributed by atoms with E-state index in [0.717, 1.165) is 24.6 Å². The van der Waals surface area contributed by atoms with Crippen LogP contribution in [-0.4, -0.2) is 19.7 Å². The van der Waals surface area contributed by atoms with E-state index in [2.05, 4.69) is 38.9 Å². The summed E-state index contributed by atoms with van der Waals surface area (Å²) < 4.78 is 14.9. The molecular weight excluding hydrogens is 257 g/mol. The SMILES string of the molecule is CC(C)Cn1ncc(Nc2ncc(F)cn2)c1C1CC1. The number of halogens is 1. The molecule has 0 atom stereocenters. The third-order valence-electron chi connectivity index (χ3n) is 3.25. The Labute approximate surface area is 117 Å². The Morgan fingerprint density at radius 3 is 2.60 bits per heavy atom. The molecule has 1 N–H and O–H groups in total. The first-order chi connectivity index (χ1) is 9.63. The lowest BCUT2D eigenvalue weighted by Crippen LogP contribution is -2.10. The van der Waals surface area contributed by atoms with E-state index in [0.29, 0.717) is 17.8 Å². The van der Waals surface area contributed by atoms with Crippen LogP contribution in [0.3, 0.4) is 0 Å². The molecule has 0 aromatic carbocycles. The Morgan fingerprint density at radius 2 is 2.00 bits per heavy atom. The third-order valence-corrected chi connectivity index (χ3v) is 3.25. The predicted molar refractivity (Wildman–Crippen MR) is 74.3 cm³/mol. The predicted octanol–water partition coefficient (Wildman–Crippen LogP) is 3.09. The highest BCUT2D eigenvalue weighted by Crippen LogP contribution is 2.44. The van der Waals surface area contributed by atoms with Gasteiger partial charge < -0.3 is 5.32 Å². The Balaban J connectivity index is 1.85. The van der Waals surface area contributed by atoms with Gasteiger partial charge in [-0.25, -0.2) is 14.4 Å². The van der Waals surface area contributed by atoms with Gasteiger partial charge in [-0.2, -0.15) is 5.10 Å². The zero-order valence-electron chi connectivity index (χ0n) is 11.7. The average molecular weight is 275 g/mol. The smallest absolute Gasteiger partial charge is 0.227 e. The highest BCUT2D eigenvalue weighted by atomic mass is 19.1. The Bertz CT molecular complexity index is 586. The van der Waals surface area contributed by atoms with Gasteiger partial charge >= 0.3 is 0 Å². The number of hydrogen-bond donors (Lipinski definition) is 1. The van der Waals surface area contributed by atoms with Crippen LogP contribution in [0.25, 0.3) is 0 Å². The van der Waals surface area contributed by atoms with E-state index in [4.69, 9.17) is 0 Å². The van der Waals surface area contributed by atoms with E-state index in [1.807, 2.05) is 6.20 Å². The summed E-state index contributed by atoms with van der Waals surface area (Å²) in [4.78, 5) is 7.86. The molecule has 3 rings (SSSR count). The standard InChI is InChI=1S/C14H18FN5/c1-9(2)8-20-13(10-3-4-10)12(7-18-20)19-14-16-5-11(15)6-17-14/h5-7,9-10H,3-4,8H2,1-2H3,(H,16,17,19). The zero-order chi connectivity index (χ0) is 14.1. The number of anilines is 2. The van der Waals surface area contributed by atoms with Crippen LogP contribution < -0.4 is 5.32 Å². The molecule has 0 amide bonds. The highest BCUT2D eigenvalue weighted by Gasteiger charge is 2.30. The van der Waals surface area contributed by atoms with Crippen LogP contribution in [-0.2, 0) is 6.54 Å². The number of rotatable bonds is 5. The van der Waals surface area contributed by atoms with Gasteiger partial charge in [0, 0.05) is 12.5 Å². The average Bonchev–Trinajstić information content (AvgIpc) is 3.16. The summed E-state index contributed by atoms with van der Waals surface area (Å²) >= 11 is 0. The normalized spacial score (nSPS) is 14.8. The summed E-state index contributed by atoms with van der Waals surface area (Å²) in [5, 5.41) is 7.60. The monoisotopic (exact) mass is 275 g/mol. The van der Waals surface area contributed by atoms with Gasteiger partial charge in [-0.1, -0.05) is 13.8 Å². The van der Waals surface area contributed by atoms with Crippen molar-refractivity contribution in [2.75, 3.05) is 5.32 Å². The van der Waals surface area contributed by atoms with E-state index in [-0.39, 0.29) is 0 Å². The van der Waals surface area contributed by atoms with E-state index in [1.165, 1.54) is 18.5 Å². The largest absolute Gasteiger partial charge is 0.321 e. The summed E-state index contributed by atoms with van der Waals surface area (Å²) in [5.74, 6) is 1.08. The number of aromatic nitrogens is 4. The van der Waals surface area contributed by atoms with Crippen LogP contribution in [0.15, 0.2) is 18.6 Å². The molecule has 6 heteroatoms. The molecule has 106 valence electrons. The van der Waals surface area contributed by atoms with Crippen LogP contribution in [0.5, 0.6) is 0 Å². The van der Waals surface area contributed by atoms with Crippen molar-refractivity contribution in [3.05, 3.63) is 30.1 Å². The molecule has 1 saturated carbocycles. The summed E-state index contributed by atoms with van der Waals surface area (Å²) in [5.41, 5.74) is 2.14. The fourth-order valence-electron chi connectivity index (χ4n) is 2.27. The van der Waals surface area contributed by atoms with Crippen LogP contribution in [0.2, 0.25) is 0 Å². The van der Waals surface area contributed by atoms with Crippen LogP contribution >= 0.6 is 0 Å². The molecule has 1 aliphatic rings. The second-order valence-electron chi connectivity index (χ2n) is 5.64. The molecule has 2 aromatic heterocycles. The molecule has 0 spiro atoms. The molecule has 20 heavy (non-hydrogen) atoms. The lowest BCUT2D eigenvalue weighted by atomic mass is 10.2. The number of nitrogens with one attached hydrogen (secondary N) is 1. The van der Waals surface area contributed by atoms with Crippen molar-refractivity contribution in [3.8, 4) is 0 Å². The molecule has 0 saturated heterocycles. The first-order valence-corrected chi connectivity index (χ1v) is 6.93. The van der Waals surface area contributed by atoms with Crippen molar-refractivity contribution in [1.82, 2.24) is 19.7 Å². The van der Waals surface area contributed by atoms with Gasteiger partial charge in [0.15, 0.2) is 5.82 Å². The lowest BCUT2D eigenvalue weighted by molar-refractivity contribution is 0.469. The van der Waals surface area contributed by atoms with Gasteiger partial charge in [-0.15, -0.1) is 0 Å². The maximum Gasteiger partial charge on any atom is 0.227 e. The van der Waals surface area contributed by atoms with Gasteiger partial charge in [-0.05, 0) is 18.8 Å². The summed E-state index contributed by atoms with van der Waals surface area (Å²) in [7, 11) is 0. The van der Waals surface area contributed by atoms with E-state index >= 15 is 0 Å². The second-order valence-corrected chi connectivity index (χ2v) is 5.64. The Hall–Kier alpha value is -1.98. The molecule has 0 bridgehead atoms. The van der Waals surface area contributed by atoms with E-state index in [1.54, 1.807) is 0 Å². The van der Waals surface area contributed by atoms with Crippen molar-refractivity contribution < 1.29 is 4.39 Å².